The third kappa shape index (κ3) is 7.78. The summed E-state index contributed by atoms with van der Waals surface area (Å²) < 4.78 is 9.81. The normalized spacial score (nSPS) is 9.59. The Labute approximate surface area is 227 Å². The van der Waals surface area contributed by atoms with Crippen molar-refractivity contribution < 1.29 is 19.2 Å². The molecule has 0 atom stereocenters. The van der Waals surface area contributed by atoms with Gasteiger partial charge in [0.25, 0.3) is 5.56 Å². The van der Waals surface area contributed by atoms with Crippen LogP contribution in [0.4, 0.5) is 5.69 Å². The maximum atomic E-state index is 11.7. The van der Waals surface area contributed by atoms with E-state index >= 15 is 0 Å². The fourth-order valence-corrected chi connectivity index (χ4v) is 3.53. The molecular formula is C25H22BBrClN4O5. The van der Waals surface area contributed by atoms with Crippen molar-refractivity contribution >= 4 is 69.4 Å². The Morgan fingerprint density at radius 2 is 1.65 bits per heavy atom. The number of benzene rings is 2. The lowest BCUT2D eigenvalue weighted by molar-refractivity contribution is 0.0599. The van der Waals surface area contributed by atoms with Gasteiger partial charge in [0.15, 0.2) is 0 Å². The number of halogens is 2. The lowest BCUT2D eigenvalue weighted by Crippen LogP contribution is -2.06. The Kier molecular flexibility index (Phi) is 11.6. The van der Waals surface area contributed by atoms with Gasteiger partial charge in [0.2, 0.25) is 0 Å². The van der Waals surface area contributed by atoms with Crippen LogP contribution in [0.3, 0.4) is 0 Å². The third-order valence-corrected chi connectivity index (χ3v) is 5.44. The maximum Gasteiger partial charge on any atom is 0.569 e. The van der Waals surface area contributed by atoms with Gasteiger partial charge in [-0.2, -0.15) is 0 Å². The Balaban J connectivity index is 0.000000198. The quantitative estimate of drug-likeness (QED) is 0.123. The van der Waals surface area contributed by atoms with Crippen molar-refractivity contribution in [2.45, 2.75) is 0 Å². The highest BCUT2D eigenvalue weighted by atomic mass is 79.9. The largest absolute Gasteiger partial charge is 0.569 e. The zero-order valence-corrected chi connectivity index (χ0v) is 21.9. The fourth-order valence-electron chi connectivity index (χ4n) is 3.12. The number of carbonyl (C=O) groups excluding carboxylic acids is 1. The number of fused-ring (bicyclic) bond motifs is 3. The van der Waals surface area contributed by atoms with Crippen LogP contribution < -0.4 is 15.9 Å². The lowest BCUT2D eigenvalue weighted by Gasteiger charge is -2.02. The summed E-state index contributed by atoms with van der Waals surface area (Å²) in [5, 5.41) is 10.9. The van der Waals surface area contributed by atoms with Crippen molar-refractivity contribution in [2.24, 2.45) is 0 Å². The first kappa shape index (κ1) is 29.3. The molecule has 12 heteroatoms. The summed E-state index contributed by atoms with van der Waals surface area (Å²) in [7, 11) is 1.95. The van der Waals surface area contributed by atoms with E-state index in [9.17, 15) is 9.59 Å². The second-order valence-corrected chi connectivity index (χ2v) is 7.88. The van der Waals surface area contributed by atoms with E-state index in [2.05, 4.69) is 40.3 Å². The van der Waals surface area contributed by atoms with E-state index in [1.165, 1.54) is 13.3 Å². The van der Waals surface area contributed by atoms with Gasteiger partial charge in [0.1, 0.15) is 5.75 Å². The van der Waals surface area contributed by atoms with E-state index in [1.807, 2.05) is 24.3 Å². The minimum Gasteiger partial charge on any atom is -0.536 e. The van der Waals surface area contributed by atoms with E-state index in [0.29, 0.717) is 34.5 Å². The van der Waals surface area contributed by atoms with E-state index in [1.54, 1.807) is 55.0 Å². The molecule has 0 aliphatic heterocycles. The van der Waals surface area contributed by atoms with Gasteiger partial charge in [-0.3, -0.25) is 14.8 Å². The zero-order chi connectivity index (χ0) is 25.9. The second kappa shape index (κ2) is 14.6. The summed E-state index contributed by atoms with van der Waals surface area (Å²) in [6.07, 6.45) is 6.45. The number of methoxy groups -OCH3 is 1. The number of nitrogen functional groups attached to an aromatic ring is 1. The lowest BCUT2D eigenvalue weighted by atomic mass is 10.1. The molecule has 0 saturated carbocycles. The summed E-state index contributed by atoms with van der Waals surface area (Å²) >= 11 is 3.17. The van der Waals surface area contributed by atoms with Crippen LogP contribution in [0.15, 0.2) is 94.7 Å². The number of H-pyrrole nitrogens is 1. The highest BCUT2D eigenvalue weighted by Crippen LogP contribution is 2.19. The number of ether oxygens (including phenoxy) is 1. The molecule has 5 aromatic rings. The molecule has 0 saturated heterocycles. The Morgan fingerprint density at radius 3 is 2.35 bits per heavy atom. The van der Waals surface area contributed by atoms with Crippen LogP contribution in [-0.4, -0.2) is 40.7 Å². The van der Waals surface area contributed by atoms with Crippen LogP contribution in [0, 0.1) is 0 Å². The van der Waals surface area contributed by atoms with E-state index < -0.39 is 0 Å². The van der Waals surface area contributed by atoms with Gasteiger partial charge in [-0.25, -0.2) is 4.79 Å². The maximum absolute atomic E-state index is 11.7. The molecule has 3 heterocycles. The monoisotopic (exact) mass is 583 g/mol. The van der Waals surface area contributed by atoms with Crippen molar-refractivity contribution in [3.05, 3.63) is 106 Å². The first-order valence-corrected chi connectivity index (χ1v) is 11.2. The average Bonchev–Trinajstić information content (AvgIpc) is 2.91. The van der Waals surface area contributed by atoms with Crippen molar-refractivity contribution in [1.82, 2.24) is 15.0 Å². The fraction of sp³-hybridized carbons (Fsp3) is 0.0400. The molecule has 4 N–H and O–H groups in total. The second-order valence-electron chi connectivity index (χ2n) is 7.03. The number of nitrogens with two attached hydrogens (primary N) is 1. The minimum absolute atomic E-state index is 0. The van der Waals surface area contributed by atoms with Crippen molar-refractivity contribution in [2.75, 3.05) is 12.8 Å². The number of hydrogen-bond acceptors (Lipinski definition) is 8. The van der Waals surface area contributed by atoms with Crippen molar-refractivity contribution in [3.63, 3.8) is 0 Å². The first-order chi connectivity index (χ1) is 17.5. The number of aromatic nitrogens is 3. The number of carbonyl (C=O) groups is 1. The Morgan fingerprint density at radius 1 is 0.973 bits per heavy atom. The van der Waals surface area contributed by atoms with Crippen molar-refractivity contribution in [3.8, 4) is 5.75 Å². The van der Waals surface area contributed by atoms with Gasteiger partial charge in [0, 0.05) is 41.1 Å². The number of nitrogens with one attached hydrogen (secondary N) is 1. The predicted octanol–water partition coefficient (Wildman–Crippen LogP) is 4.30. The number of pyridine rings is 3. The van der Waals surface area contributed by atoms with Crippen LogP contribution in [-0.2, 0) is 4.74 Å². The smallest absolute Gasteiger partial charge is 0.536 e. The summed E-state index contributed by atoms with van der Waals surface area (Å²) in [4.78, 5) is 33.4. The molecule has 1 radical (unpaired) electrons. The summed E-state index contributed by atoms with van der Waals surface area (Å²) in [5.74, 6) is 0.101. The number of rotatable bonds is 3. The standard InChI is InChI=1S/C12H8N2O.C7H6BrNO2.C6H7BNO2.ClH/c15-12-9-5-6-13-7-10(9)8-3-1-2-4-11(8)14-12;1-11-7(10)5-2-3-9-4-6(5)8;8-5-3-1-2-4-6(5)10-7-9;/h1-7H,(H,14,15);2-4H,1H3;1-4,9H,8H2;1H. The number of hydrogen-bond donors (Lipinski definition) is 3. The SMILES string of the molecule is COC(=O)c1ccncc1Br.Cl.Nc1ccccc1O[B]O.O=c1[nH]c2ccccc2c2cnccc12. The Bertz CT molecular complexity index is 1540. The van der Waals surface area contributed by atoms with E-state index in [-0.39, 0.29) is 23.9 Å². The van der Waals surface area contributed by atoms with Crippen LogP contribution in [0.2, 0.25) is 0 Å². The zero-order valence-electron chi connectivity index (χ0n) is 19.5. The van der Waals surface area contributed by atoms with Crippen LogP contribution >= 0.6 is 28.3 Å². The molecule has 0 bridgehead atoms. The third-order valence-electron chi connectivity index (χ3n) is 4.81. The minimum atomic E-state index is -0.362. The molecule has 0 aliphatic rings. The van der Waals surface area contributed by atoms with Gasteiger partial charge in [-0.1, -0.05) is 30.3 Å². The van der Waals surface area contributed by atoms with Crippen LogP contribution in [0.5, 0.6) is 5.75 Å². The summed E-state index contributed by atoms with van der Waals surface area (Å²) in [6.45, 7) is 0. The Hall–Kier alpha value is -3.93. The highest BCUT2D eigenvalue weighted by Gasteiger charge is 2.08. The van der Waals surface area contributed by atoms with Crippen LogP contribution in [0.25, 0.3) is 21.7 Å². The molecule has 9 nitrogen and oxygen atoms in total. The molecule has 0 fully saturated rings. The van der Waals surface area contributed by atoms with E-state index in [0.717, 1.165) is 16.3 Å². The molecular weight excluding hydrogens is 562 g/mol. The molecule has 37 heavy (non-hydrogen) atoms. The van der Waals surface area contributed by atoms with E-state index in [4.69, 9.17) is 10.8 Å². The number of para-hydroxylation sites is 3. The van der Waals surface area contributed by atoms with Gasteiger partial charge < -0.3 is 25.1 Å². The highest BCUT2D eigenvalue weighted by molar-refractivity contribution is 9.10. The molecule has 189 valence electrons. The van der Waals surface area contributed by atoms with Crippen LogP contribution in [0.1, 0.15) is 10.4 Å². The van der Waals surface area contributed by atoms with Gasteiger partial charge in [-0.15, -0.1) is 12.4 Å². The van der Waals surface area contributed by atoms with Gasteiger partial charge in [0.05, 0.1) is 28.2 Å². The number of esters is 1. The molecule has 0 spiro atoms. The van der Waals surface area contributed by atoms with Crippen molar-refractivity contribution in [1.29, 1.82) is 0 Å². The molecule has 5 rings (SSSR count). The number of anilines is 1. The number of aromatic amines is 1. The molecule has 2 aromatic carbocycles. The molecule has 3 aromatic heterocycles. The van der Waals surface area contributed by atoms with Gasteiger partial charge in [-0.05, 0) is 46.3 Å². The summed E-state index contributed by atoms with van der Waals surface area (Å²) in [6, 6.07) is 18.0. The molecule has 0 unspecified atom stereocenters. The first-order valence-electron chi connectivity index (χ1n) is 10.5. The number of nitrogens with zero attached hydrogens (tertiary/aromatic N) is 2. The summed E-state index contributed by atoms with van der Waals surface area (Å²) in [5.41, 5.74) is 7.23. The average molecular weight is 585 g/mol. The topological polar surface area (TPSA) is 140 Å². The molecule has 0 aliphatic carbocycles. The van der Waals surface area contributed by atoms with Gasteiger partial charge >= 0.3 is 13.7 Å². The predicted molar refractivity (Wildman–Crippen MR) is 150 cm³/mol. The molecule has 0 amide bonds.